The van der Waals surface area contributed by atoms with Crippen LogP contribution in [0.5, 0.6) is 0 Å². The van der Waals surface area contributed by atoms with Crippen molar-refractivity contribution in [1.82, 2.24) is 0 Å². The number of halogens is 4. The summed E-state index contributed by atoms with van der Waals surface area (Å²) in [4.78, 5) is -0.648. The van der Waals surface area contributed by atoms with Crippen molar-refractivity contribution in [2.45, 2.75) is 18.0 Å². The molecule has 0 heterocycles. The first kappa shape index (κ1) is 13.8. The van der Waals surface area contributed by atoms with E-state index in [0.29, 0.717) is 0 Å². The van der Waals surface area contributed by atoms with Crippen molar-refractivity contribution >= 4 is 19.7 Å². The third-order valence-corrected chi connectivity index (χ3v) is 3.55. The molecule has 0 radical (unpaired) electrons. The number of rotatable bonds is 1. The van der Waals surface area contributed by atoms with Crippen molar-refractivity contribution < 1.29 is 21.6 Å². The van der Waals surface area contributed by atoms with Gasteiger partial charge in [0.2, 0.25) is 0 Å². The zero-order valence-corrected chi connectivity index (χ0v) is 9.91. The average Bonchev–Trinajstić information content (AvgIpc) is 2.12. The first-order valence-electron chi connectivity index (χ1n) is 4.14. The van der Waals surface area contributed by atoms with Crippen molar-refractivity contribution in [3.63, 3.8) is 0 Å². The molecule has 92 valence electrons. The van der Waals surface area contributed by atoms with E-state index in [1.807, 2.05) is 0 Å². The SMILES string of the molecule is Cc1c(S(=O)(=O)Cl)ccc(C#N)c1C(F)(F)F. The molecule has 0 N–H and O–H groups in total. The van der Waals surface area contributed by atoms with Gasteiger partial charge in [-0.2, -0.15) is 18.4 Å². The van der Waals surface area contributed by atoms with E-state index in [-0.39, 0.29) is 0 Å². The Bertz CT molecular complexity index is 602. The van der Waals surface area contributed by atoms with Crippen molar-refractivity contribution in [3.8, 4) is 6.07 Å². The van der Waals surface area contributed by atoms with Gasteiger partial charge in [0.05, 0.1) is 22.1 Å². The second-order valence-electron chi connectivity index (χ2n) is 3.16. The molecule has 0 fully saturated rings. The van der Waals surface area contributed by atoms with E-state index in [1.165, 1.54) is 6.07 Å². The molecule has 0 saturated heterocycles. The second kappa shape index (κ2) is 4.20. The van der Waals surface area contributed by atoms with E-state index < -0.39 is 36.8 Å². The number of alkyl halides is 3. The first-order chi connectivity index (χ1) is 7.59. The molecule has 0 unspecified atom stereocenters. The van der Waals surface area contributed by atoms with Gasteiger partial charge in [-0.05, 0) is 24.6 Å². The van der Waals surface area contributed by atoms with E-state index in [9.17, 15) is 21.6 Å². The van der Waals surface area contributed by atoms with Crippen LogP contribution >= 0.6 is 10.7 Å². The third kappa shape index (κ3) is 2.70. The molecule has 3 nitrogen and oxygen atoms in total. The quantitative estimate of drug-likeness (QED) is 0.745. The monoisotopic (exact) mass is 283 g/mol. The summed E-state index contributed by atoms with van der Waals surface area (Å²) >= 11 is 0. The van der Waals surface area contributed by atoms with Crippen LogP contribution in [-0.4, -0.2) is 8.42 Å². The minimum atomic E-state index is -4.81. The van der Waals surface area contributed by atoms with Crippen molar-refractivity contribution in [2.75, 3.05) is 0 Å². The minimum Gasteiger partial charge on any atom is -0.207 e. The normalized spacial score (nSPS) is 12.2. The molecule has 0 bridgehead atoms. The Balaban J connectivity index is 3.75. The molecular weight excluding hydrogens is 279 g/mol. The first-order valence-corrected chi connectivity index (χ1v) is 6.45. The van der Waals surface area contributed by atoms with Gasteiger partial charge in [-0.3, -0.25) is 0 Å². The largest absolute Gasteiger partial charge is 0.417 e. The molecular formula is C9H5ClF3NO2S. The molecule has 0 aliphatic carbocycles. The summed E-state index contributed by atoms with van der Waals surface area (Å²) in [6.45, 7) is 0.957. The van der Waals surface area contributed by atoms with Crippen LogP contribution in [0.4, 0.5) is 13.2 Å². The topological polar surface area (TPSA) is 57.9 Å². The smallest absolute Gasteiger partial charge is 0.207 e. The molecule has 8 heteroatoms. The lowest BCUT2D eigenvalue weighted by Crippen LogP contribution is -2.12. The van der Waals surface area contributed by atoms with Crippen LogP contribution in [0.15, 0.2) is 17.0 Å². The summed E-state index contributed by atoms with van der Waals surface area (Å²) in [5.74, 6) is 0. The molecule has 0 aromatic heterocycles. The van der Waals surface area contributed by atoms with Crippen molar-refractivity contribution in [1.29, 1.82) is 5.26 Å². The zero-order chi connectivity index (χ0) is 13.4. The van der Waals surface area contributed by atoms with E-state index in [1.54, 1.807) is 0 Å². The van der Waals surface area contributed by atoms with Gasteiger partial charge >= 0.3 is 6.18 Å². The van der Waals surface area contributed by atoms with Crippen molar-refractivity contribution in [2.24, 2.45) is 0 Å². The molecule has 0 amide bonds. The fraction of sp³-hybridized carbons (Fsp3) is 0.222. The summed E-state index contributed by atoms with van der Waals surface area (Å²) in [6.07, 6.45) is -4.81. The van der Waals surface area contributed by atoms with Gasteiger partial charge in [0.25, 0.3) is 9.05 Å². The predicted octanol–water partition coefficient (Wildman–Crippen LogP) is 2.81. The zero-order valence-electron chi connectivity index (χ0n) is 8.34. The molecule has 1 aromatic rings. The van der Waals surface area contributed by atoms with E-state index >= 15 is 0 Å². The van der Waals surface area contributed by atoms with E-state index in [2.05, 4.69) is 0 Å². The predicted molar refractivity (Wildman–Crippen MR) is 53.9 cm³/mol. The minimum absolute atomic E-state index is 0.577. The Labute approximate surface area is 99.8 Å². The van der Waals surface area contributed by atoms with Crippen LogP contribution in [0.3, 0.4) is 0 Å². The molecule has 1 aromatic carbocycles. The van der Waals surface area contributed by atoms with Gasteiger partial charge in [0, 0.05) is 10.7 Å². The average molecular weight is 284 g/mol. The lowest BCUT2D eigenvalue weighted by Gasteiger charge is -2.13. The van der Waals surface area contributed by atoms with Crippen molar-refractivity contribution in [3.05, 3.63) is 28.8 Å². The molecule has 17 heavy (non-hydrogen) atoms. The number of hydrogen-bond donors (Lipinski definition) is 0. The van der Waals surface area contributed by atoms with Gasteiger partial charge in [-0.15, -0.1) is 0 Å². The number of nitrogens with zero attached hydrogens (tertiary/aromatic N) is 1. The molecule has 0 atom stereocenters. The Morgan fingerprint density at radius 3 is 2.24 bits per heavy atom. The lowest BCUT2D eigenvalue weighted by atomic mass is 10.0. The van der Waals surface area contributed by atoms with E-state index in [4.69, 9.17) is 15.9 Å². The van der Waals surface area contributed by atoms with Crippen LogP contribution in [-0.2, 0) is 15.2 Å². The molecule has 0 aliphatic heterocycles. The van der Waals surface area contributed by atoms with Crippen LogP contribution < -0.4 is 0 Å². The number of benzene rings is 1. The summed E-state index contributed by atoms with van der Waals surface area (Å²) < 4.78 is 60.1. The molecule has 1 rings (SSSR count). The fourth-order valence-electron chi connectivity index (χ4n) is 1.42. The molecule has 0 spiro atoms. The van der Waals surface area contributed by atoms with Gasteiger partial charge in [-0.1, -0.05) is 0 Å². The highest BCUT2D eigenvalue weighted by molar-refractivity contribution is 8.13. The Kier molecular flexibility index (Phi) is 3.41. The Morgan fingerprint density at radius 1 is 1.35 bits per heavy atom. The maximum Gasteiger partial charge on any atom is 0.417 e. The second-order valence-corrected chi connectivity index (χ2v) is 5.69. The lowest BCUT2D eigenvalue weighted by molar-refractivity contribution is -0.138. The van der Waals surface area contributed by atoms with Crippen LogP contribution in [0.25, 0.3) is 0 Å². The van der Waals surface area contributed by atoms with Crippen LogP contribution in [0.1, 0.15) is 16.7 Å². The fourth-order valence-corrected chi connectivity index (χ4v) is 2.62. The molecule has 0 saturated carbocycles. The highest BCUT2D eigenvalue weighted by Gasteiger charge is 2.37. The standard InChI is InChI=1S/C9H5ClF3NO2S/c1-5-7(17(10,15)16)3-2-6(4-14)8(5)9(11,12)13/h2-3H,1H3. The number of hydrogen-bond acceptors (Lipinski definition) is 3. The highest BCUT2D eigenvalue weighted by atomic mass is 35.7. The summed E-state index contributed by atoms with van der Waals surface area (Å²) in [5, 5.41) is 8.57. The number of nitriles is 1. The van der Waals surface area contributed by atoms with Gasteiger partial charge in [0.15, 0.2) is 0 Å². The van der Waals surface area contributed by atoms with Crippen LogP contribution in [0.2, 0.25) is 0 Å². The maximum atomic E-state index is 12.7. The summed E-state index contributed by atoms with van der Waals surface area (Å²) in [6, 6.07) is 3.03. The van der Waals surface area contributed by atoms with Gasteiger partial charge in [-0.25, -0.2) is 8.42 Å². The summed E-state index contributed by atoms with van der Waals surface area (Å²) in [7, 11) is 0.725. The summed E-state index contributed by atoms with van der Waals surface area (Å²) in [5.41, 5.74) is -2.49. The van der Waals surface area contributed by atoms with Crippen LogP contribution in [0, 0.1) is 18.3 Å². The van der Waals surface area contributed by atoms with Gasteiger partial charge < -0.3 is 0 Å². The van der Waals surface area contributed by atoms with Gasteiger partial charge in [0.1, 0.15) is 0 Å². The molecule has 0 aliphatic rings. The Hall–Kier alpha value is -1.26. The maximum absolute atomic E-state index is 12.7. The Morgan fingerprint density at radius 2 is 1.88 bits per heavy atom. The third-order valence-electron chi connectivity index (χ3n) is 2.08. The van der Waals surface area contributed by atoms with E-state index in [0.717, 1.165) is 19.1 Å². The highest BCUT2D eigenvalue weighted by Crippen LogP contribution is 2.37.